The van der Waals surface area contributed by atoms with E-state index < -0.39 is 5.54 Å². The Kier molecular flexibility index (Phi) is 4.61. The number of aromatic nitrogens is 3. The van der Waals surface area contributed by atoms with Crippen LogP contribution < -0.4 is 20.3 Å². The summed E-state index contributed by atoms with van der Waals surface area (Å²) in [5.74, 6) is 1.16. The predicted octanol–water partition coefficient (Wildman–Crippen LogP) is 2.15. The Bertz CT molecular complexity index is 1170. The molecule has 1 N–H and O–H groups in total. The van der Waals surface area contributed by atoms with Gasteiger partial charge in [-0.25, -0.2) is 4.68 Å². The molecule has 8 nitrogen and oxygen atoms in total. The zero-order chi connectivity index (χ0) is 20.6. The van der Waals surface area contributed by atoms with Crippen molar-refractivity contribution in [3.8, 4) is 11.5 Å². The zero-order valence-corrected chi connectivity index (χ0v) is 16.5. The minimum absolute atomic E-state index is 0.178. The van der Waals surface area contributed by atoms with Crippen LogP contribution in [-0.2, 0) is 16.9 Å². The van der Waals surface area contributed by atoms with E-state index in [1.54, 1.807) is 24.3 Å². The average molecular weight is 406 g/mol. The maximum atomic E-state index is 12.9. The van der Waals surface area contributed by atoms with Crippen molar-refractivity contribution in [2.45, 2.75) is 37.8 Å². The van der Waals surface area contributed by atoms with Crippen LogP contribution in [-0.4, -0.2) is 34.1 Å². The lowest BCUT2D eigenvalue weighted by Crippen LogP contribution is -2.46. The molecule has 0 atom stereocenters. The Morgan fingerprint density at radius 1 is 1.07 bits per heavy atom. The van der Waals surface area contributed by atoms with Crippen molar-refractivity contribution >= 4 is 16.8 Å². The topological polar surface area (TPSA) is 95.3 Å². The fraction of sp³-hybridized carbons (Fsp3) is 0.364. The predicted molar refractivity (Wildman–Crippen MR) is 110 cm³/mol. The maximum Gasteiger partial charge on any atom is 0.278 e. The molecule has 30 heavy (non-hydrogen) atoms. The molecule has 3 aromatic rings. The van der Waals surface area contributed by atoms with Crippen molar-refractivity contribution in [3.05, 3.63) is 58.4 Å². The van der Waals surface area contributed by atoms with E-state index in [0.717, 1.165) is 41.7 Å². The van der Waals surface area contributed by atoms with Crippen LogP contribution in [0.1, 0.15) is 31.2 Å². The van der Waals surface area contributed by atoms with E-state index >= 15 is 0 Å². The molecule has 1 fully saturated rings. The first-order chi connectivity index (χ1) is 14.6. The molecule has 2 heterocycles. The summed E-state index contributed by atoms with van der Waals surface area (Å²) < 4.78 is 12.5. The molecule has 1 amide bonds. The van der Waals surface area contributed by atoms with E-state index in [1.165, 1.54) is 0 Å². The number of amides is 1. The maximum absolute atomic E-state index is 12.9. The van der Waals surface area contributed by atoms with Gasteiger partial charge in [-0.15, -0.1) is 5.10 Å². The fourth-order valence-electron chi connectivity index (χ4n) is 4.37. The summed E-state index contributed by atoms with van der Waals surface area (Å²) in [5.41, 5.74) is 0.702. The van der Waals surface area contributed by atoms with E-state index in [0.29, 0.717) is 29.9 Å². The van der Waals surface area contributed by atoms with E-state index in [9.17, 15) is 9.59 Å². The van der Waals surface area contributed by atoms with E-state index in [2.05, 4.69) is 15.6 Å². The minimum Gasteiger partial charge on any atom is -0.486 e. The van der Waals surface area contributed by atoms with Crippen molar-refractivity contribution in [3.63, 3.8) is 0 Å². The van der Waals surface area contributed by atoms with Crippen molar-refractivity contribution in [2.75, 3.05) is 13.2 Å². The molecule has 2 aromatic carbocycles. The highest BCUT2D eigenvalue weighted by molar-refractivity contribution is 5.79. The van der Waals surface area contributed by atoms with Crippen LogP contribution in [0.25, 0.3) is 10.9 Å². The first-order valence-corrected chi connectivity index (χ1v) is 10.2. The number of hydrogen-bond donors (Lipinski definition) is 1. The largest absolute Gasteiger partial charge is 0.486 e. The molecule has 154 valence electrons. The summed E-state index contributed by atoms with van der Waals surface area (Å²) in [6.45, 7) is 0.873. The third-order valence-corrected chi connectivity index (χ3v) is 5.85. The Morgan fingerprint density at radius 3 is 2.67 bits per heavy atom. The summed E-state index contributed by atoms with van der Waals surface area (Å²) in [4.78, 5) is 25.6. The smallest absolute Gasteiger partial charge is 0.278 e. The Hall–Kier alpha value is -3.42. The summed E-state index contributed by atoms with van der Waals surface area (Å²) >= 11 is 0. The molecule has 2 aliphatic rings. The van der Waals surface area contributed by atoms with Gasteiger partial charge in [-0.2, -0.15) is 0 Å². The van der Waals surface area contributed by atoms with Gasteiger partial charge >= 0.3 is 0 Å². The number of carbonyl (C=O) groups excluding carboxylic acids is 1. The highest BCUT2D eigenvalue weighted by Gasteiger charge is 2.38. The lowest BCUT2D eigenvalue weighted by molar-refractivity contribution is -0.124. The van der Waals surface area contributed by atoms with Crippen LogP contribution in [0.5, 0.6) is 11.5 Å². The summed E-state index contributed by atoms with van der Waals surface area (Å²) in [5, 5.41) is 11.6. The van der Waals surface area contributed by atoms with Crippen molar-refractivity contribution < 1.29 is 14.3 Å². The monoisotopic (exact) mass is 406 g/mol. The SMILES string of the molecule is O=C(Cn1nnc2ccccc2c1=O)NC1(c2ccc3c(c2)OCCO3)CCCC1. The lowest BCUT2D eigenvalue weighted by Gasteiger charge is -2.32. The van der Waals surface area contributed by atoms with Crippen LogP contribution in [0.15, 0.2) is 47.3 Å². The second-order valence-corrected chi connectivity index (χ2v) is 7.77. The molecular formula is C22H22N4O4. The van der Waals surface area contributed by atoms with Gasteiger partial charge in [-0.05, 0) is 42.7 Å². The Morgan fingerprint density at radius 2 is 1.83 bits per heavy atom. The number of carbonyl (C=O) groups is 1. The van der Waals surface area contributed by atoms with Gasteiger partial charge in [0.05, 0.1) is 10.9 Å². The van der Waals surface area contributed by atoms with Gasteiger partial charge in [0, 0.05) is 0 Å². The highest BCUT2D eigenvalue weighted by atomic mass is 16.6. The number of ether oxygens (including phenoxy) is 2. The van der Waals surface area contributed by atoms with E-state index in [4.69, 9.17) is 9.47 Å². The standard InChI is InChI=1S/C22H22N4O4/c27-20(14-26-21(28)16-5-1-2-6-17(16)24-25-26)23-22(9-3-4-10-22)15-7-8-18-19(13-15)30-12-11-29-18/h1-2,5-8,13H,3-4,9-12,14H2,(H,23,27). The van der Waals surface area contributed by atoms with Gasteiger partial charge in [0.1, 0.15) is 25.3 Å². The van der Waals surface area contributed by atoms with Crippen LogP contribution >= 0.6 is 0 Å². The van der Waals surface area contributed by atoms with Crippen LogP contribution in [0.3, 0.4) is 0 Å². The molecule has 5 rings (SSSR count). The first-order valence-electron chi connectivity index (χ1n) is 10.2. The normalized spacial score (nSPS) is 17.1. The molecule has 0 bridgehead atoms. The second-order valence-electron chi connectivity index (χ2n) is 7.77. The van der Waals surface area contributed by atoms with Gasteiger partial charge in [-0.3, -0.25) is 9.59 Å². The molecule has 0 radical (unpaired) electrons. The number of nitrogens with one attached hydrogen (secondary N) is 1. The van der Waals surface area contributed by atoms with Crippen molar-refractivity contribution in [1.29, 1.82) is 0 Å². The van der Waals surface area contributed by atoms with Gasteiger partial charge in [0.2, 0.25) is 5.91 Å². The third kappa shape index (κ3) is 3.28. The minimum atomic E-state index is -0.485. The van der Waals surface area contributed by atoms with Gasteiger partial charge in [-0.1, -0.05) is 36.3 Å². The number of hydrogen-bond acceptors (Lipinski definition) is 6. The highest BCUT2D eigenvalue weighted by Crippen LogP contribution is 2.42. The lowest BCUT2D eigenvalue weighted by atomic mass is 9.87. The molecule has 1 aliphatic carbocycles. The van der Waals surface area contributed by atoms with E-state index in [1.807, 2.05) is 18.2 Å². The molecular weight excluding hydrogens is 384 g/mol. The number of benzene rings is 2. The molecule has 0 spiro atoms. The van der Waals surface area contributed by atoms with Crippen molar-refractivity contribution in [1.82, 2.24) is 20.3 Å². The summed E-state index contributed by atoms with van der Waals surface area (Å²) in [6, 6.07) is 12.8. The fourth-order valence-corrected chi connectivity index (χ4v) is 4.37. The quantitative estimate of drug-likeness (QED) is 0.713. The van der Waals surface area contributed by atoms with Crippen LogP contribution in [0.2, 0.25) is 0 Å². The van der Waals surface area contributed by atoms with Gasteiger partial charge < -0.3 is 14.8 Å². The Balaban J connectivity index is 1.41. The number of fused-ring (bicyclic) bond motifs is 2. The molecule has 1 saturated carbocycles. The second kappa shape index (κ2) is 7.44. The van der Waals surface area contributed by atoms with Crippen LogP contribution in [0, 0.1) is 0 Å². The molecule has 0 saturated heterocycles. The molecule has 8 heteroatoms. The summed E-state index contributed by atoms with van der Waals surface area (Å²) in [6.07, 6.45) is 3.70. The number of nitrogens with zero attached hydrogens (tertiary/aromatic N) is 3. The zero-order valence-electron chi connectivity index (χ0n) is 16.5. The van der Waals surface area contributed by atoms with E-state index in [-0.39, 0.29) is 18.0 Å². The number of rotatable bonds is 4. The molecule has 0 unspecified atom stereocenters. The van der Waals surface area contributed by atoms with Gasteiger partial charge in [0.15, 0.2) is 11.5 Å². The molecule has 1 aliphatic heterocycles. The van der Waals surface area contributed by atoms with Crippen molar-refractivity contribution in [2.24, 2.45) is 0 Å². The molecule has 1 aromatic heterocycles. The third-order valence-electron chi connectivity index (χ3n) is 5.85. The summed E-state index contributed by atoms with van der Waals surface area (Å²) in [7, 11) is 0. The first kappa shape index (κ1) is 18.6. The van der Waals surface area contributed by atoms with Crippen LogP contribution in [0.4, 0.5) is 0 Å². The average Bonchev–Trinajstić information content (AvgIpc) is 3.25. The Labute approximate surface area is 172 Å². The van der Waals surface area contributed by atoms with Gasteiger partial charge in [0.25, 0.3) is 5.56 Å².